The quantitative estimate of drug-likeness (QED) is 0.329. The number of para-hydroxylation sites is 1. The first-order chi connectivity index (χ1) is 17.6. The Labute approximate surface area is 208 Å². The van der Waals surface area contributed by atoms with Crippen molar-refractivity contribution in [2.75, 3.05) is 0 Å². The van der Waals surface area contributed by atoms with Crippen molar-refractivity contribution in [2.24, 2.45) is 0 Å². The maximum Gasteiger partial charge on any atom is 0.252 e. The Morgan fingerprint density at radius 2 is 1.81 bits per heavy atom. The fraction of sp³-hybridized carbons (Fsp3) is 0.167. The van der Waals surface area contributed by atoms with E-state index in [1.165, 1.54) is 23.3 Å². The fourth-order valence-electron chi connectivity index (χ4n) is 5.14. The van der Waals surface area contributed by atoms with E-state index in [9.17, 15) is 9.18 Å². The minimum Gasteiger partial charge on any atom is -0.345 e. The zero-order chi connectivity index (χ0) is 24.6. The normalized spacial score (nSPS) is 15.0. The number of halogens is 1. The van der Waals surface area contributed by atoms with Crippen LogP contribution in [0.1, 0.15) is 46.1 Å². The molecule has 178 valence electrons. The summed E-state index contributed by atoms with van der Waals surface area (Å²) in [6.45, 7) is 1.95. The lowest BCUT2D eigenvalue weighted by Crippen LogP contribution is -2.31. The van der Waals surface area contributed by atoms with Crippen LogP contribution in [0.2, 0.25) is 0 Å². The number of carbonyl (C=O) groups excluding carboxylic acids is 1. The monoisotopic (exact) mass is 476 g/mol. The van der Waals surface area contributed by atoms with Crippen LogP contribution in [0.15, 0.2) is 85.1 Å². The molecule has 0 unspecified atom stereocenters. The molecule has 36 heavy (non-hydrogen) atoms. The Morgan fingerprint density at radius 3 is 2.67 bits per heavy atom. The summed E-state index contributed by atoms with van der Waals surface area (Å²) < 4.78 is 15.2. The van der Waals surface area contributed by atoms with Crippen molar-refractivity contribution in [1.29, 1.82) is 0 Å². The highest BCUT2D eigenvalue weighted by atomic mass is 19.1. The zero-order valence-corrected chi connectivity index (χ0v) is 19.9. The summed E-state index contributed by atoms with van der Waals surface area (Å²) in [4.78, 5) is 18.5. The van der Waals surface area contributed by atoms with E-state index in [2.05, 4.69) is 28.6 Å². The lowest BCUT2D eigenvalue weighted by molar-refractivity contribution is 0.0934. The van der Waals surface area contributed by atoms with Gasteiger partial charge in [0, 0.05) is 10.9 Å². The molecule has 1 amide bonds. The number of carbonyl (C=O) groups is 1. The first kappa shape index (κ1) is 22.2. The number of aryl methyl sites for hydroxylation is 1. The van der Waals surface area contributed by atoms with Crippen molar-refractivity contribution >= 4 is 16.8 Å². The molecule has 0 bridgehead atoms. The number of benzene rings is 3. The third-order valence-electron chi connectivity index (χ3n) is 6.99. The molecule has 0 fully saturated rings. The van der Waals surface area contributed by atoms with Crippen LogP contribution in [0.3, 0.4) is 0 Å². The van der Waals surface area contributed by atoms with Gasteiger partial charge >= 0.3 is 0 Å². The highest BCUT2D eigenvalue weighted by Crippen LogP contribution is 2.32. The third-order valence-corrected chi connectivity index (χ3v) is 6.99. The first-order valence-corrected chi connectivity index (χ1v) is 12.2. The molecule has 6 rings (SSSR count). The number of amides is 1. The van der Waals surface area contributed by atoms with Crippen molar-refractivity contribution < 1.29 is 9.18 Å². The van der Waals surface area contributed by atoms with Crippen LogP contribution in [-0.2, 0) is 6.42 Å². The Kier molecular flexibility index (Phi) is 5.56. The summed E-state index contributed by atoms with van der Waals surface area (Å²) in [5.74, 6) is -0.406. The van der Waals surface area contributed by atoms with E-state index in [1.54, 1.807) is 23.0 Å². The number of hydrogen-bond acceptors (Lipinski definition) is 3. The lowest BCUT2D eigenvalue weighted by atomic mass is 9.87. The number of pyridine rings is 1. The molecule has 2 aromatic heterocycles. The SMILES string of the molecule is Cc1c(-c2cc(C(=O)N[C@H]3CCCc4ccccc43)c3ccccc3n2)cnn1-c1ccc(F)cc1. The van der Waals surface area contributed by atoms with E-state index >= 15 is 0 Å². The molecule has 5 nitrogen and oxygen atoms in total. The van der Waals surface area contributed by atoms with Gasteiger partial charge in [0.1, 0.15) is 5.82 Å². The van der Waals surface area contributed by atoms with Crippen LogP contribution < -0.4 is 5.32 Å². The van der Waals surface area contributed by atoms with Crippen LogP contribution in [0.5, 0.6) is 0 Å². The summed E-state index contributed by atoms with van der Waals surface area (Å²) in [5, 5.41) is 8.62. The molecule has 1 atom stereocenters. The van der Waals surface area contributed by atoms with E-state index in [0.29, 0.717) is 11.3 Å². The largest absolute Gasteiger partial charge is 0.345 e. The second kappa shape index (κ2) is 9.04. The number of hydrogen-bond donors (Lipinski definition) is 1. The van der Waals surface area contributed by atoms with Crippen molar-refractivity contribution in [3.05, 3.63) is 113 Å². The Morgan fingerprint density at radius 1 is 1.03 bits per heavy atom. The molecule has 0 saturated carbocycles. The van der Waals surface area contributed by atoms with E-state index in [-0.39, 0.29) is 17.8 Å². The average Bonchev–Trinajstić information content (AvgIpc) is 3.29. The van der Waals surface area contributed by atoms with Crippen LogP contribution in [0.4, 0.5) is 4.39 Å². The molecule has 1 aliphatic rings. The molecule has 5 aromatic rings. The summed E-state index contributed by atoms with van der Waals surface area (Å²) >= 11 is 0. The van der Waals surface area contributed by atoms with Crippen LogP contribution in [0.25, 0.3) is 27.8 Å². The predicted molar refractivity (Wildman–Crippen MR) is 139 cm³/mol. The van der Waals surface area contributed by atoms with E-state index < -0.39 is 0 Å². The molecule has 0 radical (unpaired) electrons. The summed E-state index contributed by atoms with van der Waals surface area (Å²) in [6, 6.07) is 24.1. The van der Waals surface area contributed by atoms with Gasteiger partial charge in [0.25, 0.3) is 5.91 Å². The fourth-order valence-corrected chi connectivity index (χ4v) is 5.14. The van der Waals surface area contributed by atoms with Gasteiger partial charge in [-0.15, -0.1) is 0 Å². The molecule has 3 aromatic carbocycles. The number of aromatic nitrogens is 3. The molecule has 6 heteroatoms. The first-order valence-electron chi connectivity index (χ1n) is 12.2. The molecular weight excluding hydrogens is 451 g/mol. The van der Waals surface area contributed by atoms with Gasteiger partial charge in [-0.1, -0.05) is 42.5 Å². The summed E-state index contributed by atoms with van der Waals surface area (Å²) in [7, 11) is 0. The van der Waals surface area contributed by atoms with Gasteiger partial charge in [0.15, 0.2) is 0 Å². The molecule has 0 spiro atoms. The average molecular weight is 477 g/mol. The predicted octanol–water partition coefficient (Wildman–Crippen LogP) is 6.34. The number of rotatable bonds is 4. The maximum absolute atomic E-state index is 13.7. The van der Waals surface area contributed by atoms with Gasteiger partial charge in [0.2, 0.25) is 0 Å². The minimum atomic E-state index is -0.295. The second-order valence-corrected chi connectivity index (χ2v) is 9.22. The maximum atomic E-state index is 13.7. The summed E-state index contributed by atoms with van der Waals surface area (Å²) in [5.41, 5.74) is 6.96. The minimum absolute atomic E-state index is 0.0132. The molecule has 0 aliphatic heterocycles. The van der Waals surface area contributed by atoms with Crippen molar-refractivity contribution in [1.82, 2.24) is 20.1 Å². The van der Waals surface area contributed by atoms with Crippen molar-refractivity contribution in [3.63, 3.8) is 0 Å². The van der Waals surface area contributed by atoms with Gasteiger partial charge < -0.3 is 5.32 Å². The molecule has 1 N–H and O–H groups in total. The summed E-state index contributed by atoms with van der Waals surface area (Å²) in [6.07, 6.45) is 4.76. The van der Waals surface area contributed by atoms with Gasteiger partial charge in [-0.3, -0.25) is 4.79 Å². The van der Waals surface area contributed by atoms with Crippen LogP contribution >= 0.6 is 0 Å². The van der Waals surface area contributed by atoms with Crippen LogP contribution in [0, 0.1) is 12.7 Å². The Balaban J connectivity index is 1.40. The standard InChI is InChI=1S/C30H25FN4O/c1-19-26(18-32-35(19)22-15-13-21(31)14-16-22)29-17-25(24-10-4-5-11-28(24)33-29)30(36)34-27-12-6-8-20-7-2-3-9-23(20)27/h2-5,7,9-11,13-18,27H,6,8,12H2,1H3,(H,34,36)/t27-/m0/s1. The molecule has 2 heterocycles. The van der Waals surface area contributed by atoms with Crippen molar-refractivity contribution in [2.45, 2.75) is 32.2 Å². The molecular formula is C30H25FN4O. The Bertz CT molecular complexity index is 1590. The smallest absolute Gasteiger partial charge is 0.252 e. The van der Waals surface area contributed by atoms with Gasteiger partial charge in [-0.25, -0.2) is 14.1 Å². The highest BCUT2D eigenvalue weighted by molar-refractivity contribution is 6.07. The zero-order valence-electron chi connectivity index (χ0n) is 19.9. The van der Waals surface area contributed by atoms with E-state index in [0.717, 1.165) is 47.1 Å². The lowest BCUT2D eigenvalue weighted by Gasteiger charge is -2.26. The number of nitrogens with one attached hydrogen (secondary N) is 1. The van der Waals surface area contributed by atoms with Crippen LogP contribution in [-0.4, -0.2) is 20.7 Å². The topological polar surface area (TPSA) is 59.8 Å². The number of nitrogens with zero attached hydrogens (tertiary/aromatic N) is 3. The van der Waals surface area contributed by atoms with E-state index in [1.807, 2.05) is 43.3 Å². The third kappa shape index (κ3) is 3.94. The molecule has 1 aliphatic carbocycles. The highest BCUT2D eigenvalue weighted by Gasteiger charge is 2.24. The Hall–Kier alpha value is -4.32. The second-order valence-electron chi connectivity index (χ2n) is 9.22. The molecule has 0 saturated heterocycles. The number of fused-ring (bicyclic) bond motifs is 2. The van der Waals surface area contributed by atoms with E-state index in [4.69, 9.17) is 4.98 Å². The van der Waals surface area contributed by atoms with Gasteiger partial charge in [-0.05, 0) is 73.7 Å². The van der Waals surface area contributed by atoms with Gasteiger partial charge in [0.05, 0.1) is 40.4 Å². The van der Waals surface area contributed by atoms with Crippen molar-refractivity contribution in [3.8, 4) is 16.9 Å². The van der Waals surface area contributed by atoms with Gasteiger partial charge in [-0.2, -0.15) is 5.10 Å².